The predicted octanol–water partition coefficient (Wildman–Crippen LogP) is 3.25. The number of anilines is 1. The summed E-state index contributed by atoms with van der Waals surface area (Å²) < 4.78 is 27.4. The van der Waals surface area contributed by atoms with E-state index in [9.17, 15) is 8.42 Å². The van der Waals surface area contributed by atoms with E-state index in [-0.39, 0.29) is 11.3 Å². The Bertz CT molecular complexity index is 532. The summed E-state index contributed by atoms with van der Waals surface area (Å²) in [4.78, 5) is 0.931. The fourth-order valence-electron chi connectivity index (χ4n) is 2.22. The first kappa shape index (κ1) is 18.3. The van der Waals surface area contributed by atoms with Gasteiger partial charge in [-0.2, -0.15) is 0 Å². The maximum absolute atomic E-state index is 12.2. The molecule has 0 saturated carbocycles. The summed E-state index contributed by atoms with van der Waals surface area (Å²) in [6.07, 6.45) is 2.41. The molecule has 21 heavy (non-hydrogen) atoms. The molecular formula is C15H26N2O2S2. The highest BCUT2D eigenvalue weighted by molar-refractivity contribution is 8.00. The smallest absolute Gasteiger partial charge is 0.212 e. The number of thioether (sulfide) groups is 1. The molecule has 0 unspecified atom stereocenters. The number of nitrogens with one attached hydrogen (secondary N) is 1. The molecule has 1 rings (SSSR count). The van der Waals surface area contributed by atoms with Crippen molar-refractivity contribution in [2.45, 2.75) is 50.5 Å². The minimum absolute atomic E-state index is 0.105. The Morgan fingerprint density at radius 1 is 1.14 bits per heavy atom. The van der Waals surface area contributed by atoms with E-state index in [1.165, 1.54) is 11.8 Å². The maximum atomic E-state index is 12.2. The second-order valence-electron chi connectivity index (χ2n) is 5.15. The van der Waals surface area contributed by atoms with Crippen LogP contribution in [0.1, 0.15) is 40.0 Å². The summed E-state index contributed by atoms with van der Waals surface area (Å²) in [6, 6.07) is 7.51. The Hall–Kier alpha value is -0.720. The predicted molar refractivity (Wildman–Crippen MR) is 92.1 cm³/mol. The zero-order chi connectivity index (χ0) is 15.9. The molecule has 0 saturated heterocycles. The summed E-state index contributed by atoms with van der Waals surface area (Å²) in [7, 11) is -3.27. The standard InChI is InChI=1S/C15H26N2O2S2/c1-4-15(5-2,6-3)17-21(18,19)12-11-20-14-10-8-7-9-13(14)16/h7-10,17H,4-6,11-12,16H2,1-3H3. The van der Waals surface area contributed by atoms with Crippen LogP contribution in [0.5, 0.6) is 0 Å². The van der Waals surface area contributed by atoms with Crippen molar-refractivity contribution in [3.05, 3.63) is 24.3 Å². The Kier molecular flexibility index (Phi) is 7.03. The Morgan fingerprint density at radius 2 is 1.71 bits per heavy atom. The summed E-state index contributed by atoms with van der Waals surface area (Å²) >= 11 is 1.48. The van der Waals surface area contributed by atoms with Crippen LogP contribution >= 0.6 is 11.8 Å². The summed E-state index contributed by atoms with van der Waals surface area (Å²) in [5, 5.41) is 0. The molecular weight excluding hydrogens is 304 g/mol. The van der Waals surface area contributed by atoms with Crippen LogP contribution in [-0.4, -0.2) is 25.5 Å². The number of nitrogens with two attached hydrogens (primary N) is 1. The molecule has 1 aromatic carbocycles. The van der Waals surface area contributed by atoms with Crippen molar-refractivity contribution in [1.29, 1.82) is 0 Å². The summed E-state index contributed by atoms with van der Waals surface area (Å²) in [6.45, 7) is 6.07. The van der Waals surface area contributed by atoms with Gasteiger partial charge in [0.2, 0.25) is 10.0 Å². The number of benzene rings is 1. The van der Waals surface area contributed by atoms with Gasteiger partial charge in [-0.3, -0.25) is 0 Å². The molecule has 3 N–H and O–H groups in total. The lowest BCUT2D eigenvalue weighted by atomic mass is 9.91. The lowest BCUT2D eigenvalue weighted by molar-refractivity contribution is 0.342. The van der Waals surface area contributed by atoms with E-state index in [1.54, 1.807) is 0 Å². The van der Waals surface area contributed by atoms with E-state index < -0.39 is 10.0 Å². The minimum atomic E-state index is -3.27. The number of rotatable bonds is 9. The van der Waals surface area contributed by atoms with Crippen molar-refractivity contribution >= 4 is 27.5 Å². The van der Waals surface area contributed by atoms with Gasteiger partial charge in [0.25, 0.3) is 0 Å². The van der Waals surface area contributed by atoms with Gasteiger partial charge in [0.05, 0.1) is 5.75 Å². The van der Waals surface area contributed by atoms with E-state index >= 15 is 0 Å². The third kappa shape index (κ3) is 5.52. The lowest BCUT2D eigenvalue weighted by Crippen LogP contribution is -2.48. The maximum Gasteiger partial charge on any atom is 0.212 e. The van der Waals surface area contributed by atoms with Crippen LogP contribution in [0.4, 0.5) is 5.69 Å². The zero-order valence-electron chi connectivity index (χ0n) is 13.1. The molecule has 0 radical (unpaired) electrons. The van der Waals surface area contributed by atoms with Crippen molar-refractivity contribution in [2.24, 2.45) is 0 Å². The number of para-hydroxylation sites is 1. The van der Waals surface area contributed by atoms with Gasteiger partial charge in [-0.1, -0.05) is 32.9 Å². The van der Waals surface area contributed by atoms with Crippen molar-refractivity contribution in [2.75, 3.05) is 17.2 Å². The fourth-order valence-corrected chi connectivity index (χ4v) is 5.26. The van der Waals surface area contributed by atoms with E-state index in [4.69, 9.17) is 5.73 Å². The molecule has 0 amide bonds. The summed E-state index contributed by atoms with van der Waals surface area (Å²) in [5.41, 5.74) is 6.23. The fraction of sp³-hybridized carbons (Fsp3) is 0.600. The monoisotopic (exact) mass is 330 g/mol. The van der Waals surface area contributed by atoms with Crippen LogP contribution in [0.2, 0.25) is 0 Å². The second-order valence-corrected chi connectivity index (χ2v) is 8.13. The average Bonchev–Trinajstić information content (AvgIpc) is 2.47. The van der Waals surface area contributed by atoms with Crippen molar-refractivity contribution in [3.8, 4) is 0 Å². The first-order chi connectivity index (χ1) is 9.88. The normalized spacial score (nSPS) is 12.5. The van der Waals surface area contributed by atoms with Gasteiger partial charge in [-0.25, -0.2) is 13.1 Å². The van der Waals surface area contributed by atoms with Gasteiger partial charge >= 0.3 is 0 Å². The molecule has 0 aliphatic carbocycles. The van der Waals surface area contributed by atoms with Crippen LogP contribution in [0.25, 0.3) is 0 Å². The molecule has 0 fully saturated rings. The Labute approximate surface area is 132 Å². The number of hydrogen-bond acceptors (Lipinski definition) is 4. The van der Waals surface area contributed by atoms with E-state index in [2.05, 4.69) is 4.72 Å². The van der Waals surface area contributed by atoms with E-state index in [0.717, 1.165) is 24.2 Å². The largest absolute Gasteiger partial charge is 0.398 e. The number of hydrogen-bond donors (Lipinski definition) is 2. The number of nitrogen functional groups attached to an aromatic ring is 1. The number of sulfonamides is 1. The quantitative estimate of drug-likeness (QED) is 0.538. The average molecular weight is 331 g/mol. The van der Waals surface area contributed by atoms with Crippen LogP contribution in [-0.2, 0) is 10.0 Å². The molecule has 6 heteroatoms. The van der Waals surface area contributed by atoms with Crippen molar-refractivity contribution < 1.29 is 8.42 Å². The van der Waals surface area contributed by atoms with E-state index in [0.29, 0.717) is 11.4 Å². The van der Waals surface area contributed by atoms with Gasteiger partial charge in [0.15, 0.2) is 0 Å². The first-order valence-electron chi connectivity index (χ1n) is 7.37. The molecule has 0 bridgehead atoms. The van der Waals surface area contributed by atoms with Gasteiger partial charge in [0, 0.05) is 21.9 Å². The van der Waals surface area contributed by atoms with Gasteiger partial charge in [-0.05, 0) is 31.4 Å². The third-order valence-electron chi connectivity index (χ3n) is 3.93. The van der Waals surface area contributed by atoms with Crippen LogP contribution < -0.4 is 10.5 Å². The van der Waals surface area contributed by atoms with Gasteiger partial charge in [-0.15, -0.1) is 11.8 Å². The summed E-state index contributed by atoms with van der Waals surface area (Å²) in [5.74, 6) is 0.602. The lowest BCUT2D eigenvalue weighted by Gasteiger charge is -2.31. The zero-order valence-corrected chi connectivity index (χ0v) is 14.7. The highest BCUT2D eigenvalue weighted by Gasteiger charge is 2.29. The Balaban J connectivity index is 2.59. The SMILES string of the molecule is CCC(CC)(CC)NS(=O)(=O)CCSc1ccccc1N. The molecule has 0 aromatic heterocycles. The molecule has 0 atom stereocenters. The van der Waals surface area contributed by atoms with Crippen LogP contribution in [0.15, 0.2) is 29.2 Å². The Morgan fingerprint density at radius 3 is 2.24 bits per heavy atom. The molecule has 1 aromatic rings. The highest BCUT2D eigenvalue weighted by atomic mass is 32.2. The van der Waals surface area contributed by atoms with Crippen molar-refractivity contribution in [3.63, 3.8) is 0 Å². The molecule has 0 aliphatic heterocycles. The minimum Gasteiger partial charge on any atom is -0.398 e. The first-order valence-corrected chi connectivity index (χ1v) is 10.0. The molecule has 0 spiro atoms. The molecule has 0 heterocycles. The van der Waals surface area contributed by atoms with Crippen LogP contribution in [0, 0.1) is 0 Å². The van der Waals surface area contributed by atoms with E-state index in [1.807, 2.05) is 45.0 Å². The van der Waals surface area contributed by atoms with Gasteiger partial charge in [0.1, 0.15) is 0 Å². The van der Waals surface area contributed by atoms with Gasteiger partial charge < -0.3 is 5.73 Å². The highest BCUT2D eigenvalue weighted by Crippen LogP contribution is 2.25. The van der Waals surface area contributed by atoms with Crippen molar-refractivity contribution in [1.82, 2.24) is 4.72 Å². The van der Waals surface area contributed by atoms with Crippen LogP contribution in [0.3, 0.4) is 0 Å². The molecule has 120 valence electrons. The molecule has 4 nitrogen and oxygen atoms in total. The third-order valence-corrected chi connectivity index (χ3v) is 6.77. The molecule has 0 aliphatic rings. The topological polar surface area (TPSA) is 72.2 Å². The second kappa shape index (κ2) is 8.06.